The molecule has 0 fully saturated rings. The van der Waals surface area contributed by atoms with Gasteiger partial charge in [0.2, 0.25) is 0 Å². The number of rotatable bonds is 8. The van der Waals surface area contributed by atoms with Crippen LogP contribution in [-0.4, -0.2) is 40.7 Å². The Balaban J connectivity index is 1.59. The van der Waals surface area contributed by atoms with Crippen LogP contribution in [0.15, 0.2) is 60.8 Å². The van der Waals surface area contributed by atoms with E-state index in [9.17, 15) is 0 Å². The first-order valence-electron chi connectivity index (χ1n) is 10.9. The molecule has 0 aliphatic rings. The standard InChI is InChI=1S/C26H27ClN4O2S/c1-17-21(22-14-18(27)7-9-23(22)29-17)11-13-31(16-19-6-4-5-12-28-19)26(34)30-24-15-20(32-2)8-10-25(24)33-3/h4-10,12,14-15,29H,11,13,16H2,1-3H3,(H,30,34). The minimum Gasteiger partial charge on any atom is -0.497 e. The molecule has 0 aliphatic carbocycles. The Morgan fingerprint density at radius 2 is 1.97 bits per heavy atom. The number of anilines is 1. The molecule has 176 valence electrons. The van der Waals surface area contributed by atoms with E-state index in [-0.39, 0.29) is 0 Å². The number of aryl methyl sites for hydroxylation is 1. The highest BCUT2D eigenvalue weighted by atomic mass is 35.5. The van der Waals surface area contributed by atoms with Gasteiger partial charge >= 0.3 is 0 Å². The van der Waals surface area contributed by atoms with Gasteiger partial charge in [-0.15, -0.1) is 0 Å². The largest absolute Gasteiger partial charge is 0.497 e. The van der Waals surface area contributed by atoms with E-state index in [1.54, 1.807) is 20.4 Å². The Bertz CT molecular complexity index is 1290. The smallest absolute Gasteiger partial charge is 0.173 e. The second kappa shape index (κ2) is 10.8. The predicted molar refractivity (Wildman–Crippen MR) is 142 cm³/mol. The second-order valence-electron chi connectivity index (χ2n) is 7.91. The van der Waals surface area contributed by atoms with E-state index in [4.69, 9.17) is 33.3 Å². The van der Waals surface area contributed by atoms with E-state index in [1.807, 2.05) is 54.6 Å². The first kappa shape index (κ1) is 23.9. The van der Waals surface area contributed by atoms with Crippen LogP contribution in [0.25, 0.3) is 10.9 Å². The molecule has 0 saturated carbocycles. The van der Waals surface area contributed by atoms with Gasteiger partial charge in [0.1, 0.15) is 11.5 Å². The molecule has 4 aromatic rings. The first-order valence-corrected chi connectivity index (χ1v) is 11.7. The number of thiocarbonyl (C=S) groups is 1. The van der Waals surface area contributed by atoms with Gasteiger partial charge in [0.25, 0.3) is 0 Å². The molecule has 6 nitrogen and oxygen atoms in total. The van der Waals surface area contributed by atoms with Crippen LogP contribution >= 0.6 is 23.8 Å². The van der Waals surface area contributed by atoms with Crippen LogP contribution in [0.5, 0.6) is 11.5 Å². The number of nitrogens with one attached hydrogen (secondary N) is 2. The third kappa shape index (κ3) is 5.43. The van der Waals surface area contributed by atoms with Gasteiger partial charge in [-0.2, -0.15) is 0 Å². The number of aromatic nitrogens is 2. The summed E-state index contributed by atoms with van der Waals surface area (Å²) in [5.41, 5.74) is 5.11. The van der Waals surface area contributed by atoms with Crippen molar-refractivity contribution in [3.63, 3.8) is 0 Å². The zero-order valence-corrected chi connectivity index (χ0v) is 21.0. The summed E-state index contributed by atoms with van der Waals surface area (Å²) >= 11 is 12.1. The highest BCUT2D eigenvalue weighted by molar-refractivity contribution is 7.80. The number of hydrogen-bond donors (Lipinski definition) is 2. The predicted octanol–water partition coefficient (Wildman–Crippen LogP) is 5.98. The lowest BCUT2D eigenvalue weighted by Crippen LogP contribution is -2.36. The van der Waals surface area contributed by atoms with Gasteiger partial charge in [-0.3, -0.25) is 4.98 Å². The molecule has 2 N–H and O–H groups in total. The van der Waals surface area contributed by atoms with Crippen LogP contribution in [0.2, 0.25) is 5.02 Å². The number of ether oxygens (including phenoxy) is 2. The normalized spacial score (nSPS) is 10.8. The van der Waals surface area contributed by atoms with Crippen molar-refractivity contribution in [1.29, 1.82) is 0 Å². The molecule has 0 saturated heterocycles. The fraction of sp³-hybridized carbons (Fsp3) is 0.231. The number of aromatic amines is 1. The number of nitrogens with zero attached hydrogens (tertiary/aromatic N) is 2. The van der Waals surface area contributed by atoms with Crippen LogP contribution in [0.3, 0.4) is 0 Å². The van der Waals surface area contributed by atoms with Crippen LogP contribution in [0.4, 0.5) is 5.69 Å². The minimum atomic E-state index is 0.571. The summed E-state index contributed by atoms with van der Waals surface area (Å²) in [5, 5.41) is 5.78. The Kier molecular flexibility index (Phi) is 7.55. The van der Waals surface area contributed by atoms with Crippen molar-refractivity contribution in [1.82, 2.24) is 14.9 Å². The second-order valence-corrected chi connectivity index (χ2v) is 8.73. The maximum Gasteiger partial charge on any atom is 0.173 e. The Morgan fingerprint density at radius 1 is 1.12 bits per heavy atom. The van der Waals surface area contributed by atoms with Gasteiger partial charge in [-0.1, -0.05) is 17.7 Å². The number of benzene rings is 2. The van der Waals surface area contributed by atoms with Crippen LogP contribution in [0.1, 0.15) is 17.0 Å². The lowest BCUT2D eigenvalue weighted by atomic mass is 10.1. The fourth-order valence-electron chi connectivity index (χ4n) is 3.97. The molecule has 0 spiro atoms. The number of pyridine rings is 1. The van der Waals surface area contributed by atoms with Crippen molar-refractivity contribution in [2.24, 2.45) is 0 Å². The molecule has 0 radical (unpaired) electrons. The molecular formula is C26H27ClN4O2S. The van der Waals surface area contributed by atoms with E-state index in [1.165, 1.54) is 5.56 Å². The molecule has 8 heteroatoms. The highest BCUT2D eigenvalue weighted by Crippen LogP contribution is 2.30. The van der Waals surface area contributed by atoms with E-state index in [0.717, 1.165) is 39.4 Å². The van der Waals surface area contributed by atoms with E-state index in [0.29, 0.717) is 29.7 Å². The van der Waals surface area contributed by atoms with Crippen molar-refractivity contribution in [3.05, 3.63) is 82.8 Å². The Hall–Kier alpha value is -3.29. The average Bonchev–Trinajstić information content (AvgIpc) is 3.16. The Morgan fingerprint density at radius 3 is 2.71 bits per heavy atom. The van der Waals surface area contributed by atoms with Crippen LogP contribution in [-0.2, 0) is 13.0 Å². The van der Waals surface area contributed by atoms with Crippen molar-refractivity contribution in [3.8, 4) is 11.5 Å². The van der Waals surface area contributed by atoms with Crippen LogP contribution in [0, 0.1) is 6.92 Å². The molecule has 0 atom stereocenters. The molecular weight excluding hydrogens is 468 g/mol. The number of fused-ring (bicyclic) bond motifs is 1. The molecule has 34 heavy (non-hydrogen) atoms. The SMILES string of the molecule is COc1ccc(OC)c(NC(=S)N(CCc2c(C)[nH]c3ccc(Cl)cc23)Cc2ccccn2)c1. The van der Waals surface area contributed by atoms with Gasteiger partial charge in [-0.05, 0) is 73.6 Å². The van der Waals surface area contributed by atoms with Gasteiger partial charge in [0.05, 0.1) is 32.1 Å². The summed E-state index contributed by atoms with van der Waals surface area (Å²) in [5.74, 6) is 1.40. The molecule has 2 aromatic heterocycles. The number of H-pyrrole nitrogens is 1. The number of halogens is 1. The fourth-order valence-corrected chi connectivity index (χ4v) is 4.41. The first-order chi connectivity index (χ1) is 16.5. The van der Waals surface area contributed by atoms with Gasteiger partial charge in [-0.25, -0.2) is 0 Å². The lowest BCUT2D eigenvalue weighted by molar-refractivity contribution is 0.403. The lowest BCUT2D eigenvalue weighted by Gasteiger charge is -2.26. The maximum absolute atomic E-state index is 6.28. The molecule has 2 aromatic carbocycles. The summed E-state index contributed by atoms with van der Waals surface area (Å²) in [4.78, 5) is 10.1. The molecule has 4 rings (SSSR count). The summed E-state index contributed by atoms with van der Waals surface area (Å²) in [6.45, 7) is 3.35. The Labute approximate surface area is 209 Å². The van der Waals surface area contributed by atoms with E-state index >= 15 is 0 Å². The third-order valence-electron chi connectivity index (χ3n) is 5.73. The number of methoxy groups -OCH3 is 2. The van der Waals surface area contributed by atoms with Crippen molar-refractivity contribution >= 4 is 45.5 Å². The van der Waals surface area contributed by atoms with Gasteiger partial charge in [0, 0.05) is 40.4 Å². The third-order valence-corrected chi connectivity index (χ3v) is 6.32. The molecule has 0 unspecified atom stereocenters. The molecule has 2 heterocycles. The molecule has 0 amide bonds. The summed E-state index contributed by atoms with van der Waals surface area (Å²) in [6, 6.07) is 17.4. The zero-order chi connectivity index (χ0) is 24.1. The van der Waals surface area contributed by atoms with Crippen molar-refractivity contribution in [2.45, 2.75) is 19.9 Å². The van der Waals surface area contributed by atoms with E-state index < -0.39 is 0 Å². The van der Waals surface area contributed by atoms with Crippen LogP contribution < -0.4 is 14.8 Å². The number of hydrogen-bond acceptors (Lipinski definition) is 4. The topological polar surface area (TPSA) is 62.4 Å². The monoisotopic (exact) mass is 494 g/mol. The summed E-state index contributed by atoms with van der Waals surface area (Å²) in [7, 11) is 3.26. The quantitative estimate of drug-likeness (QED) is 0.294. The molecule has 0 aliphatic heterocycles. The summed E-state index contributed by atoms with van der Waals surface area (Å²) < 4.78 is 10.9. The van der Waals surface area contributed by atoms with Crippen molar-refractivity contribution < 1.29 is 9.47 Å². The van der Waals surface area contributed by atoms with Gasteiger partial charge in [0.15, 0.2) is 5.11 Å². The van der Waals surface area contributed by atoms with E-state index in [2.05, 4.69) is 27.1 Å². The zero-order valence-electron chi connectivity index (χ0n) is 19.4. The van der Waals surface area contributed by atoms with Gasteiger partial charge < -0.3 is 24.7 Å². The molecule has 0 bridgehead atoms. The average molecular weight is 495 g/mol. The van der Waals surface area contributed by atoms with Crippen molar-refractivity contribution in [2.75, 3.05) is 26.1 Å². The highest BCUT2D eigenvalue weighted by Gasteiger charge is 2.17. The maximum atomic E-state index is 6.28. The minimum absolute atomic E-state index is 0.571. The summed E-state index contributed by atoms with van der Waals surface area (Å²) in [6.07, 6.45) is 2.58.